The normalized spacial score (nSPS) is 9.82. The molecule has 0 unspecified atom stereocenters. The number of nitrogens with zero attached hydrogens (tertiary/aromatic N) is 4. The average Bonchev–Trinajstić information content (AvgIpc) is 3.02. The first-order chi connectivity index (χ1) is 13.4. The lowest BCUT2D eigenvalue weighted by Crippen LogP contribution is -2.07. The number of carboxylic acid groups (broad SMARTS) is 1. The number of hydrogen-bond acceptors (Lipinski definition) is 7. The molecular weight excluding hydrogens is 386 g/mol. The van der Waals surface area contributed by atoms with E-state index in [2.05, 4.69) is 35.8 Å². The Morgan fingerprint density at radius 2 is 2.07 bits per heavy atom. The molecule has 1 amide bonds. The van der Waals surface area contributed by atoms with Crippen molar-refractivity contribution in [1.82, 2.24) is 25.1 Å². The SMILES string of the molecule is CCc1c(Nc2ccnc(NC(C)=O)c2)c[nH]c1Cl.O=C(O)c1cnncn1. The molecular formula is C17H18ClN7O3. The van der Waals surface area contributed by atoms with E-state index in [4.69, 9.17) is 16.7 Å². The van der Waals surface area contributed by atoms with Gasteiger partial charge >= 0.3 is 5.97 Å². The first-order valence-electron chi connectivity index (χ1n) is 8.13. The van der Waals surface area contributed by atoms with Crippen molar-refractivity contribution in [2.75, 3.05) is 10.6 Å². The number of H-pyrrole nitrogens is 1. The topological polar surface area (TPSA) is 146 Å². The van der Waals surface area contributed by atoms with Crippen molar-refractivity contribution in [3.8, 4) is 0 Å². The predicted octanol–water partition coefficient (Wildman–Crippen LogP) is 2.90. The van der Waals surface area contributed by atoms with Gasteiger partial charge in [-0.2, -0.15) is 5.10 Å². The van der Waals surface area contributed by atoms with Crippen LogP contribution in [0.5, 0.6) is 0 Å². The molecule has 3 aromatic rings. The summed E-state index contributed by atoms with van der Waals surface area (Å²) in [4.78, 5) is 31.5. The van der Waals surface area contributed by atoms with Crippen LogP contribution in [-0.4, -0.2) is 42.1 Å². The van der Waals surface area contributed by atoms with Crippen LogP contribution < -0.4 is 10.6 Å². The van der Waals surface area contributed by atoms with Gasteiger partial charge in [0.25, 0.3) is 0 Å². The van der Waals surface area contributed by atoms with Crippen molar-refractivity contribution in [2.45, 2.75) is 20.3 Å². The number of halogens is 1. The lowest BCUT2D eigenvalue weighted by molar-refractivity contribution is -0.114. The number of rotatable bonds is 5. The fourth-order valence-corrected chi connectivity index (χ4v) is 2.44. The average molecular weight is 404 g/mol. The van der Waals surface area contributed by atoms with Crippen molar-refractivity contribution in [1.29, 1.82) is 0 Å². The smallest absolute Gasteiger partial charge is 0.356 e. The van der Waals surface area contributed by atoms with Crippen LogP contribution in [0.2, 0.25) is 5.15 Å². The number of amides is 1. The minimum atomic E-state index is -1.09. The summed E-state index contributed by atoms with van der Waals surface area (Å²) in [6.07, 6.45) is 6.45. The Labute approximate surface area is 165 Å². The minimum Gasteiger partial charge on any atom is -0.476 e. The van der Waals surface area contributed by atoms with E-state index in [-0.39, 0.29) is 11.6 Å². The summed E-state index contributed by atoms with van der Waals surface area (Å²) in [5, 5.41) is 21.4. The van der Waals surface area contributed by atoms with E-state index in [0.29, 0.717) is 11.0 Å². The van der Waals surface area contributed by atoms with Gasteiger partial charge in [-0.15, -0.1) is 5.10 Å². The second-order valence-corrected chi connectivity index (χ2v) is 5.76. The predicted molar refractivity (Wildman–Crippen MR) is 104 cm³/mol. The molecule has 0 saturated carbocycles. The first-order valence-corrected chi connectivity index (χ1v) is 8.50. The molecule has 3 heterocycles. The summed E-state index contributed by atoms with van der Waals surface area (Å²) in [5.74, 6) is -0.731. The van der Waals surface area contributed by atoms with Crippen molar-refractivity contribution < 1.29 is 14.7 Å². The van der Waals surface area contributed by atoms with Crippen molar-refractivity contribution in [3.63, 3.8) is 0 Å². The van der Waals surface area contributed by atoms with Gasteiger partial charge in [0.15, 0.2) is 5.69 Å². The molecule has 4 N–H and O–H groups in total. The Kier molecular flexibility index (Phi) is 7.40. The maximum Gasteiger partial charge on any atom is 0.356 e. The number of pyridine rings is 1. The fraction of sp³-hybridized carbons (Fsp3) is 0.176. The molecule has 0 atom stereocenters. The molecule has 0 aliphatic carbocycles. The third kappa shape index (κ3) is 6.02. The van der Waals surface area contributed by atoms with Crippen LogP contribution in [0.25, 0.3) is 0 Å². The Morgan fingerprint density at radius 1 is 1.29 bits per heavy atom. The number of anilines is 3. The fourth-order valence-electron chi connectivity index (χ4n) is 2.15. The number of aromatic carboxylic acids is 1. The van der Waals surface area contributed by atoms with Crippen LogP contribution >= 0.6 is 11.6 Å². The minimum absolute atomic E-state index is 0.0926. The summed E-state index contributed by atoms with van der Waals surface area (Å²) in [5.41, 5.74) is 2.70. The molecule has 11 heteroatoms. The molecule has 0 saturated heterocycles. The van der Waals surface area contributed by atoms with Gasteiger partial charge in [-0.25, -0.2) is 14.8 Å². The Balaban J connectivity index is 0.000000261. The zero-order valence-corrected chi connectivity index (χ0v) is 15.9. The quantitative estimate of drug-likeness (QED) is 0.508. The zero-order chi connectivity index (χ0) is 20.5. The summed E-state index contributed by atoms with van der Waals surface area (Å²) < 4.78 is 0. The monoisotopic (exact) mass is 403 g/mol. The van der Waals surface area contributed by atoms with E-state index in [0.717, 1.165) is 35.9 Å². The van der Waals surface area contributed by atoms with Gasteiger partial charge in [-0.1, -0.05) is 18.5 Å². The Hall–Kier alpha value is -3.53. The molecule has 0 aliphatic heterocycles. The van der Waals surface area contributed by atoms with Gasteiger partial charge in [-0.05, 0) is 12.5 Å². The highest BCUT2D eigenvalue weighted by atomic mass is 35.5. The summed E-state index contributed by atoms with van der Waals surface area (Å²) >= 11 is 6.05. The second-order valence-electron chi connectivity index (χ2n) is 5.38. The molecule has 0 aliphatic rings. The number of nitrogens with one attached hydrogen (secondary N) is 3. The van der Waals surface area contributed by atoms with Gasteiger partial charge in [0.2, 0.25) is 5.91 Å². The zero-order valence-electron chi connectivity index (χ0n) is 15.1. The van der Waals surface area contributed by atoms with Crippen molar-refractivity contribution in [2.24, 2.45) is 0 Å². The number of aromatic amines is 1. The molecule has 3 rings (SSSR count). The highest BCUT2D eigenvalue weighted by Gasteiger charge is 2.08. The molecule has 0 bridgehead atoms. The molecule has 3 aromatic heterocycles. The van der Waals surface area contributed by atoms with E-state index in [9.17, 15) is 9.59 Å². The summed E-state index contributed by atoms with van der Waals surface area (Å²) in [7, 11) is 0. The van der Waals surface area contributed by atoms with E-state index in [1.54, 1.807) is 12.3 Å². The lowest BCUT2D eigenvalue weighted by atomic mass is 10.2. The highest BCUT2D eigenvalue weighted by Crippen LogP contribution is 2.27. The van der Waals surface area contributed by atoms with Crippen molar-refractivity contribution >= 4 is 40.7 Å². The number of hydrogen-bond donors (Lipinski definition) is 4. The third-order valence-electron chi connectivity index (χ3n) is 3.34. The molecule has 0 fully saturated rings. The first kappa shape index (κ1) is 20.8. The standard InChI is InChI=1S/C13H15ClN4O.C4H3N3O2/c1-3-10-11(7-16-13(10)14)18-9-4-5-15-12(6-9)17-8(2)19;8-4(9)3-1-6-7-2-5-3/h4-7,16H,3H2,1-2H3,(H2,15,17,18,19);1-2H,(H,8,9). The molecule has 0 spiro atoms. The van der Waals surface area contributed by atoms with E-state index in [1.807, 2.05) is 19.2 Å². The molecule has 0 radical (unpaired) electrons. The summed E-state index contributed by atoms with van der Waals surface area (Å²) in [6.45, 7) is 3.48. The molecule has 146 valence electrons. The molecule has 0 aromatic carbocycles. The van der Waals surface area contributed by atoms with Crippen molar-refractivity contribution in [3.05, 3.63) is 53.5 Å². The van der Waals surface area contributed by atoms with E-state index in [1.165, 1.54) is 6.92 Å². The maximum atomic E-state index is 11.0. The second kappa shape index (κ2) is 9.97. The maximum absolute atomic E-state index is 11.0. The molecule has 28 heavy (non-hydrogen) atoms. The number of carbonyl (C=O) groups excluding carboxylic acids is 1. The van der Waals surface area contributed by atoms with Crippen LogP contribution in [-0.2, 0) is 11.2 Å². The third-order valence-corrected chi connectivity index (χ3v) is 3.68. The Bertz CT molecular complexity index is 947. The van der Waals surface area contributed by atoms with Crippen LogP contribution in [0.4, 0.5) is 17.2 Å². The lowest BCUT2D eigenvalue weighted by Gasteiger charge is -2.08. The van der Waals surface area contributed by atoms with Gasteiger partial charge in [0.05, 0.1) is 11.9 Å². The van der Waals surface area contributed by atoms with Crippen LogP contribution in [0.3, 0.4) is 0 Å². The number of carboxylic acids is 1. The van der Waals surface area contributed by atoms with E-state index < -0.39 is 5.97 Å². The van der Waals surface area contributed by atoms with Gasteiger partial charge < -0.3 is 20.7 Å². The number of aromatic nitrogens is 5. The summed E-state index contributed by atoms with van der Waals surface area (Å²) in [6, 6.07) is 3.59. The van der Waals surface area contributed by atoms with Crippen LogP contribution in [0.1, 0.15) is 29.9 Å². The number of carbonyl (C=O) groups is 2. The van der Waals surface area contributed by atoms with Gasteiger partial charge in [0, 0.05) is 36.6 Å². The van der Waals surface area contributed by atoms with Gasteiger partial charge in [0.1, 0.15) is 17.3 Å². The van der Waals surface area contributed by atoms with Crippen LogP contribution in [0.15, 0.2) is 37.1 Å². The van der Waals surface area contributed by atoms with E-state index >= 15 is 0 Å². The van der Waals surface area contributed by atoms with Crippen LogP contribution in [0, 0.1) is 0 Å². The highest BCUT2D eigenvalue weighted by molar-refractivity contribution is 6.30. The largest absolute Gasteiger partial charge is 0.476 e. The molecule has 10 nitrogen and oxygen atoms in total. The van der Waals surface area contributed by atoms with Gasteiger partial charge in [-0.3, -0.25) is 4.79 Å². The Morgan fingerprint density at radius 3 is 2.64 bits per heavy atom.